The molecule has 8 atom stereocenters. The molecule has 0 bridgehead atoms. The van der Waals surface area contributed by atoms with Crippen molar-refractivity contribution < 1.29 is 87.4 Å². The van der Waals surface area contributed by atoms with Gasteiger partial charge in [0.15, 0.2) is 0 Å². The Labute approximate surface area is 187 Å². The van der Waals surface area contributed by atoms with Crippen molar-refractivity contribution in [3.8, 4) is 0 Å². The molecule has 0 aliphatic heterocycles. The molecule has 0 fully saturated rings. The second-order valence-electron chi connectivity index (χ2n) is 6.50. The van der Waals surface area contributed by atoms with Crippen LogP contribution in [0.15, 0.2) is 0 Å². The molecule has 8 unspecified atom stereocenters. The quantitative estimate of drug-likeness (QED) is 0.110. The second kappa shape index (κ2) is 15.0. The third-order valence-corrected chi connectivity index (χ3v) is 4.57. The molecule has 0 saturated heterocycles. The van der Waals surface area contributed by atoms with Crippen molar-refractivity contribution in [3.05, 3.63) is 0 Å². The molecule has 0 amide bonds. The largest absolute Gasteiger partial charge is 2.00 e. The van der Waals surface area contributed by atoms with E-state index in [9.17, 15) is 50.4 Å². The van der Waals surface area contributed by atoms with Crippen molar-refractivity contribution in [1.29, 1.82) is 0 Å². The Kier molecular flexibility index (Phi) is 16.7. The zero-order valence-corrected chi connectivity index (χ0v) is 17.7. The molecule has 188 valence electrons. The first kappa shape index (κ1) is 34.6. The number of carbonyl (C=O) groups excluding carboxylic acids is 2. The standard InChI is InChI=1S/2C8H16O7.Ni/c2*1-2-8(15,7(13)14)6(12)5(11)4(10)3-9;/h2*4-6,9-12,15H,2-3H2,1H3,(H,13,14);/q;;+2/p-2. The maximum atomic E-state index is 10.5. The van der Waals surface area contributed by atoms with E-state index in [-0.39, 0.29) is 16.5 Å². The number of hydrogen-bond donors (Lipinski definition) is 10. The SMILES string of the molecule is CCC(O)(C(=O)[O-])C(O)C(O)C(O)CO.CCC(O)(C(=O)[O-])C(O)C(O)C(O)CO.[Ni+2]. The summed E-state index contributed by atoms with van der Waals surface area (Å²) in [6.07, 6.45) is -12.5. The van der Waals surface area contributed by atoms with Crippen LogP contribution in [0, 0.1) is 0 Å². The van der Waals surface area contributed by atoms with Gasteiger partial charge in [0.25, 0.3) is 0 Å². The molecule has 14 nitrogen and oxygen atoms in total. The van der Waals surface area contributed by atoms with Gasteiger partial charge in [-0.05, 0) is 12.8 Å². The summed E-state index contributed by atoms with van der Waals surface area (Å²) in [6.45, 7) is 0.782. The van der Waals surface area contributed by atoms with E-state index < -0.39 is 85.8 Å². The fourth-order valence-corrected chi connectivity index (χ4v) is 2.15. The topological polar surface area (TPSA) is 283 Å². The van der Waals surface area contributed by atoms with Gasteiger partial charge in [0.05, 0.1) is 25.2 Å². The number of carboxylic acids is 2. The molecule has 0 rings (SSSR count). The van der Waals surface area contributed by atoms with Crippen molar-refractivity contribution in [2.45, 2.75) is 74.5 Å². The van der Waals surface area contributed by atoms with Crippen LogP contribution >= 0.6 is 0 Å². The Morgan fingerprint density at radius 3 is 1.06 bits per heavy atom. The molecule has 10 N–H and O–H groups in total. The van der Waals surface area contributed by atoms with Crippen molar-refractivity contribution in [2.24, 2.45) is 0 Å². The maximum Gasteiger partial charge on any atom is 2.00 e. The minimum Gasteiger partial charge on any atom is -0.547 e. The minimum absolute atomic E-state index is 0. The Morgan fingerprint density at radius 2 is 0.935 bits per heavy atom. The predicted octanol–water partition coefficient (Wildman–Crippen LogP) is -8.10. The van der Waals surface area contributed by atoms with E-state index in [4.69, 9.17) is 20.4 Å². The first-order chi connectivity index (χ1) is 13.6. The van der Waals surface area contributed by atoms with Gasteiger partial charge >= 0.3 is 16.5 Å². The number of carboxylic acid groups (broad SMARTS) is 2. The molecule has 31 heavy (non-hydrogen) atoms. The second-order valence-corrected chi connectivity index (χ2v) is 6.50. The summed E-state index contributed by atoms with van der Waals surface area (Å²) < 4.78 is 0. The Bertz CT molecular complexity index is 490. The molecular weight excluding hydrogens is 475 g/mol. The number of hydrogen-bond acceptors (Lipinski definition) is 14. The zero-order chi connectivity index (χ0) is 24.4. The van der Waals surface area contributed by atoms with Crippen LogP contribution in [0.1, 0.15) is 26.7 Å². The van der Waals surface area contributed by atoms with Gasteiger partial charge in [-0.2, -0.15) is 0 Å². The van der Waals surface area contributed by atoms with Crippen LogP contribution in [-0.2, 0) is 26.1 Å². The van der Waals surface area contributed by atoms with Crippen LogP contribution in [-0.4, -0.2) is 124 Å². The number of aliphatic hydroxyl groups is 10. The van der Waals surface area contributed by atoms with Crippen molar-refractivity contribution in [3.63, 3.8) is 0 Å². The molecule has 0 aromatic heterocycles. The summed E-state index contributed by atoms with van der Waals surface area (Å²) in [5.74, 6) is -3.91. The Hall–Kier alpha value is -0.966. The molecule has 0 aliphatic rings. The van der Waals surface area contributed by atoms with Gasteiger partial charge in [-0.25, -0.2) is 0 Å². The van der Waals surface area contributed by atoms with Gasteiger partial charge in [-0.3, -0.25) is 0 Å². The summed E-state index contributed by atoms with van der Waals surface area (Å²) in [5, 5.41) is 112. The third-order valence-electron chi connectivity index (χ3n) is 4.57. The van der Waals surface area contributed by atoms with Crippen molar-refractivity contribution in [1.82, 2.24) is 0 Å². The fourth-order valence-electron chi connectivity index (χ4n) is 2.15. The predicted molar refractivity (Wildman–Crippen MR) is 90.7 cm³/mol. The molecule has 0 heterocycles. The molecule has 15 heteroatoms. The monoisotopic (exact) mass is 504 g/mol. The molecule has 0 saturated carbocycles. The van der Waals surface area contributed by atoms with Gasteiger partial charge in [-0.1, -0.05) is 13.8 Å². The van der Waals surface area contributed by atoms with E-state index in [0.29, 0.717) is 0 Å². The van der Waals surface area contributed by atoms with Crippen LogP contribution in [0.5, 0.6) is 0 Å². The third kappa shape index (κ3) is 8.83. The Morgan fingerprint density at radius 1 is 0.710 bits per heavy atom. The van der Waals surface area contributed by atoms with Crippen molar-refractivity contribution >= 4 is 11.9 Å². The number of aliphatic carboxylic acids is 2. The minimum atomic E-state index is -2.66. The van der Waals surface area contributed by atoms with E-state index in [1.807, 2.05) is 0 Å². The van der Waals surface area contributed by atoms with Gasteiger partial charge in [0.1, 0.15) is 47.8 Å². The smallest absolute Gasteiger partial charge is 0.547 e. The number of rotatable bonds is 12. The summed E-state index contributed by atoms with van der Waals surface area (Å²) in [5.41, 5.74) is -5.31. The van der Waals surface area contributed by atoms with Crippen LogP contribution in [0.2, 0.25) is 0 Å². The first-order valence-electron chi connectivity index (χ1n) is 8.79. The number of carbonyl (C=O) groups is 2. The molecular formula is C16H30NiO14. The molecule has 0 aromatic rings. The van der Waals surface area contributed by atoms with Crippen molar-refractivity contribution in [2.75, 3.05) is 13.2 Å². The van der Waals surface area contributed by atoms with E-state index >= 15 is 0 Å². The van der Waals surface area contributed by atoms with Gasteiger partial charge in [0.2, 0.25) is 0 Å². The van der Waals surface area contributed by atoms with Gasteiger partial charge in [0, 0.05) is 0 Å². The summed E-state index contributed by atoms with van der Waals surface area (Å²) >= 11 is 0. The molecule has 0 aliphatic carbocycles. The zero-order valence-electron chi connectivity index (χ0n) is 16.7. The molecule has 0 spiro atoms. The van der Waals surface area contributed by atoms with Crippen LogP contribution < -0.4 is 10.2 Å². The maximum absolute atomic E-state index is 10.5. The number of aliphatic hydroxyl groups excluding tert-OH is 8. The molecule has 0 aromatic carbocycles. The normalized spacial score (nSPS) is 20.8. The summed E-state index contributed by atoms with van der Waals surface area (Å²) in [7, 11) is 0. The average Bonchev–Trinajstić information content (AvgIpc) is 2.74. The van der Waals surface area contributed by atoms with Gasteiger partial charge < -0.3 is 70.9 Å². The van der Waals surface area contributed by atoms with E-state index in [1.165, 1.54) is 13.8 Å². The van der Waals surface area contributed by atoms with E-state index in [2.05, 4.69) is 0 Å². The van der Waals surface area contributed by atoms with Gasteiger partial charge in [-0.15, -0.1) is 0 Å². The van der Waals surface area contributed by atoms with E-state index in [0.717, 1.165) is 0 Å². The van der Waals surface area contributed by atoms with E-state index in [1.54, 1.807) is 0 Å². The summed E-state index contributed by atoms with van der Waals surface area (Å²) in [6, 6.07) is 0. The average molecular weight is 505 g/mol. The summed E-state index contributed by atoms with van der Waals surface area (Å²) in [4.78, 5) is 21.1. The van der Waals surface area contributed by atoms with Crippen LogP contribution in [0.4, 0.5) is 0 Å². The van der Waals surface area contributed by atoms with Crippen LogP contribution in [0.3, 0.4) is 0 Å². The first-order valence-corrected chi connectivity index (χ1v) is 8.79. The Balaban J connectivity index is -0.000000490. The molecule has 0 radical (unpaired) electrons. The fraction of sp³-hybridized carbons (Fsp3) is 0.875. The van der Waals surface area contributed by atoms with Crippen LogP contribution in [0.25, 0.3) is 0 Å².